The van der Waals surface area contributed by atoms with Gasteiger partial charge in [0.05, 0.1) is 10.6 Å². The van der Waals surface area contributed by atoms with Crippen molar-refractivity contribution in [2.24, 2.45) is 0 Å². The Bertz CT molecular complexity index is 830. The highest BCUT2D eigenvalue weighted by atomic mass is 79.9. The van der Waals surface area contributed by atoms with Gasteiger partial charge in [0.15, 0.2) is 0 Å². The number of carbonyl (C=O) groups excluding carboxylic acids is 2. The van der Waals surface area contributed by atoms with E-state index in [-0.39, 0.29) is 21.8 Å². The summed E-state index contributed by atoms with van der Waals surface area (Å²) in [5, 5.41) is 9.58. The highest BCUT2D eigenvalue weighted by molar-refractivity contribution is 9.10. The number of nitrogens with zero attached hydrogens (tertiary/aromatic N) is 1. The van der Waals surface area contributed by atoms with Gasteiger partial charge >= 0.3 is 0 Å². The average Bonchev–Trinajstić information content (AvgIpc) is 2.78. The first-order valence-corrected chi connectivity index (χ1v) is 8.40. The largest absolute Gasteiger partial charge is 0.507 e. The molecular weight excluding hydrogens is 378 g/mol. The predicted octanol–water partition coefficient (Wildman–Crippen LogP) is 4.70. The number of halogens is 1. The Morgan fingerprint density at radius 2 is 1.83 bits per heavy atom. The zero-order valence-corrected chi connectivity index (χ0v) is 14.5. The lowest BCUT2D eigenvalue weighted by atomic mass is 10.2. The summed E-state index contributed by atoms with van der Waals surface area (Å²) in [6, 6.07) is 12.2. The summed E-state index contributed by atoms with van der Waals surface area (Å²) >= 11 is 4.13. The van der Waals surface area contributed by atoms with E-state index < -0.39 is 0 Å². The average molecular weight is 390 g/mol. The molecule has 0 bridgehead atoms. The normalized spacial score (nSPS) is 16.4. The molecule has 1 fully saturated rings. The number of phenols is 1. The first-order chi connectivity index (χ1) is 11.0. The summed E-state index contributed by atoms with van der Waals surface area (Å²) in [6.07, 6.45) is 1.53. The van der Waals surface area contributed by atoms with E-state index in [1.165, 1.54) is 12.1 Å². The Labute approximate surface area is 145 Å². The summed E-state index contributed by atoms with van der Waals surface area (Å²) in [5.74, 6) is -0.340. The van der Waals surface area contributed by atoms with Crippen LogP contribution in [0.4, 0.5) is 10.5 Å². The number of thioether (sulfide) groups is 1. The maximum absolute atomic E-state index is 12.5. The lowest BCUT2D eigenvalue weighted by Crippen LogP contribution is -2.27. The van der Waals surface area contributed by atoms with Crippen LogP contribution < -0.4 is 4.90 Å². The highest BCUT2D eigenvalue weighted by Gasteiger charge is 2.36. The molecular formula is C17H12BrNO3S. The van der Waals surface area contributed by atoms with Gasteiger partial charge in [-0.05, 0) is 49.0 Å². The third-order valence-corrected chi connectivity index (χ3v) is 4.73. The third kappa shape index (κ3) is 3.18. The second kappa shape index (κ2) is 6.22. The molecule has 2 aromatic carbocycles. The second-order valence-electron chi connectivity index (χ2n) is 5.06. The monoisotopic (exact) mass is 389 g/mol. The summed E-state index contributed by atoms with van der Waals surface area (Å²) in [5.41, 5.74) is 2.08. The molecule has 2 amide bonds. The number of imide groups is 1. The molecule has 0 spiro atoms. The smallest absolute Gasteiger partial charge is 0.298 e. The van der Waals surface area contributed by atoms with Crippen LogP contribution in [0, 0.1) is 6.92 Å². The summed E-state index contributed by atoms with van der Waals surface area (Å²) in [4.78, 5) is 26.1. The van der Waals surface area contributed by atoms with Crippen LogP contribution in [0.5, 0.6) is 5.75 Å². The van der Waals surface area contributed by atoms with E-state index in [0.29, 0.717) is 11.3 Å². The number of aromatic hydroxyl groups is 1. The molecule has 0 aliphatic carbocycles. The number of amides is 2. The first kappa shape index (κ1) is 15.8. The number of phenolic OH excluding ortho intramolecular Hbond substituents is 1. The molecule has 1 heterocycles. The molecule has 1 saturated heterocycles. The van der Waals surface area contributed by atoms with Gasteiger partial charge in [-0.2, -0.15) is 0 Å². The fourth-order valence-corrected chi connectivity index (χ4v) is 3.35. The molecule has 0 unspecified atom stereocenters. The van der Waals surface area contributed by atoms with Gasteiger partial charge in [0.2, 0.25) is 0 Å². The Morgan fingerprint density at radius 3 is 2.48 bits per heavy atom. The molecule has 6 heteroatoms. The minimum absolute atomic E-state index is 0.0431. The predicted molar refractivity (Wildman–Crippen MR) is 95.4 cm³/mol. The summed E-state index contributed by atoms with van der Waals surface area (Å²) < 4.78 is 0.736. The van der Waals surface area contributed by atoms with Crippen molar-refractivity contribution >= 4 is 50.6 Å². The quantitative estimate of drug-likeness (QED) is 0.755. The molecule has 0 aromatic heterocycles. The zero-order valence-electron chi connectivity index (χ0n) is 12.1. The maximum Gasteiger partial charge on any atom is 0.298 e. The molecule has 0 saturated carbocycles. The molecule has 1 aliphatic heterocycles. The molecule has 3 rings (SSSR count). The summed E-state index contributed by atoms with van der Waals surface area (Å²) in [7, 11) is 0. The van der Waals surface area contributed by atoms with Gasteiger partial charge < -0.3 is 5.11 Å². The van der Waals surface area contributed by atoms with Crippen LogP contribution in [-0.2, 0) is 4.79 Å². The minimum Gasteiger partial charge on any atom is -0.507 e. The van der Waals surface area contributed by atoms with E-state index in [0.717, 1.165) is 26.7 Å². The van der Waals surface area contributed by atoms with Crippen LogP contribution >= 0.6 is 27.7 Å². The third-order valence-electron chi connectivity index (χ3n) is 3.36. The molecule has 116 valence electrons. The number of benzene rings is 2. The topological polar surface area (TPSA) is 57.6 Å². The first-order valence-electron chi connectivity index (χ1n) is 6.79. The highest BCUT2D eigenvalue weighted by Crippen LogP contribution is 2.37. The Balaban J connectivity index is 1.94. The van der Waals surface area contributed by atoms with Gasteiger partial charge in [-0.3, -0.25) is 9.59 Å². The zero-order chi connectivity index (χ0) is 16.6. The number of hydrogen-bond acceptors (Lipinski definition) is 4. The van der Waals surface area contributed by atoms with Gasteiger partial charge in [0.25, 0.3) is 11.1 Å². The maximum atomic E-state index is 12.5. The lowest BCUT2D eigenvalue weighted by molar-refractivity contribution is -0.113. The van der Waals surface area contributed by atoms with E-state index in [1.54, 1.807) is 24.3 Å². The number of carbonyl (C=O) groups is 2. The molecule has 1 aliphatic rings. The van der Waals surface area contributed by atoms with Crippen LogP contribution in [0.1, 0.15) is 11.1 Å². The lowest BCUT2D eigenvalue weighted by Gasteiger charge is -2.12. The van der Waals surface area contributed by atoms with Gasteiger partial charge in [0.1, 0.15) is 5.75 Å². The SMILES string of the molecule is Cc1ccc(N2C(=O)S/C(=C/c3ccc(Br)cc3O)C2=O)cc1. The van der Waals surface area contributed by atoms with Crippen molar-refractivity contribution in [3.8, 4) is 5.75 Å². The van der Waals surface area contributed by atoms with E-state index in [2.05, 4.69) is 15.9 Å². The van der Waals surface area contributed by atoms with Gasteiger partial charge in [-0.15, -0.1) is 0 Å². The van der Waals surface area contributed by atoms with Crippen molar-refractivity contribution in [3.05, 3.63) is 63.0 Å². The standard InChI is InChI=1S/C17H12BrNO3S/c1-10-2-6-13(7-3-10)19-16(21)15(23-17(19)22)8-11-4-5-12(18)9-14(11)20/h2-9,20H,1H3/b15-8+. The van der Waals surface area contributed by atoms with Crippen molar-refractivity contribution in [3.63, 3.8) is 0 Å². The van der Waals surface area contributed by atoms with Gasteiger partial charge in [-0.25, -0.2) is 4.90 Å². The number of rotatable bonds is 2. The van der Waals surface area contributed by atoms with Gasteiger partial charge in [-0.1, -0.05) is 39.7 Å². The van der Waals surface area contributed by atoms with Crippen molar-refractivity contribution in [1.29, 1.82) is 0 Å². The summed E-state index contributed by atoms with van der Waals surface area (Å²) in [6.45, 7) is 1.94. The Hall–Kier alpha value is -2.05. The van der Waals surface area contributed by atoms with Crippen LogP contribution in [0.15, 0.2) is 51.8 Å². The fraction of sp³-hybridized carbons (Fsp3) is 0.0588. The van der Waals surface area contributed by atoms with Crippen LogP contribution in [0.25, 0.3) is 6.08 Å². The minimum atomic E-state index is -0.383. The van der Waals surface area contributed by atoms with Gasteiger partial charge in [0, 0.05) is 10.0 Å². The molecule has 4 nitrogen and oxygen atoms in total. The molecule has 0 radical (unpaired) electrons. The van der Waals surface area contributed by atoms with E-state index in [4.69, 9.17) is 0 Å². The van der Waals surface area contributed by atoms with Crippen molar-refractivity contribution < 1.29 is 14.7 Å². The van der Waals surface area contributed by atoms with Crippen LogP contribution in [-0.4, -0.2) is 16.3 Å². The molecule has 2 aromatic rings. The Kier molecular flexibility index (Phi) is 4.28. The molecule has 23 heavy (non-hydrogen) atoms. The number of hydrogen-bond donors (Lipinski definition) is 1. The van der Waals surface area contributed by atoms with Crippen LogP contribution in [0.3, 0.4) is 0 Å². The fourth-order valence-electron chi connectivity index (χ4n) is 2.16. The number of anilines is 1. The number of aryl methyl sites for hydroxylation is 1. The molecule has 1 N–H and O–H groups in total. The Morgan fingerprint density at radius 1 is 1.13 bits per heavy atom. The van der Waals surface area contributed by atoms with Crippen molar-refractivity contribution in [2.45, 2.75) is 6.92 Å². The van der Waals surface area contributed by atoms with E-state index >= 15 is 0 Å². The second-order valence-corrected chi connectivity index (χ2v) is 6.96. The van der Waals surface area contributed by atoms with E-state index in [1.807, 2.05) is 19.1 Å². The molecule has 0 atom stereocenters. The van der Waals surface area contributed by atoms with Crippen molar-refractivity contribution in [2.75, 3.05) is 4.90 Å². The van der Waals surface area contributed by atoms with Crippen molar-refractivity contribution in [1.82, 2.24) is 0 Å². The van der Waals surface area contributed by atoms with E-state index in [9.17, 15) is 14.7 Å². The van der Waals surface area contributed by atoms with Crippen LogP contribution in [0.2, 0.25) is 0 Å².